The molecule has 1 saturated carbocycles. The zero-order valence-electron chi connectivity index (χ0n) is 13.2. The molecule has 1 aliphatic rings. The van der Waals surface area contributed by atoms with Crippen molar-refractivity contribution in [3.8, 4) is 0 Å². The highest BCUT2D eigenvalue weighted by Gasteiger charge is 2.20. The van der Waals surface area contributed by atoms with Crippen molar-refractivity contribution in [1.29, 1.82) is 0 Å². The summed E-state index contributed by atoms with van der Waals surface area (Å²) in [6.07, 6.45) is 6.27. The van der Waals surface area contributed by atoms with Crippen LogP contribution in [0.4, 0.5) is 0 Å². The van der Waals surface area contributed by atoms with Gasteiger partial charge < -0.3 is 5.32 Å². The van der Waals surface area contributed by atoms with Crippen LogP contribution in [0.2, 0.25) is 10.0 Å². The van der Waals surface area contributed by atoms with Gasteiger partial charge in [0, 0.05) is 6.04 Å². The second kappa shape index (κ2) is 8.19. The number of nitrogens with zero attached hydrogens (tertiary/aromatic N) is 1. The van der Waals surface area contributed by atoms with Crippen molar-refractivity contribution >= 4 is 29.1 Å². The number of amides is 1. The van der Waals surface area contributed by atoms with Crippen LogP contribution >= 0.6 is 23.2 Å². The number of carbonyl (C=O) groups excluding carboxylic acids is 1. The molecule has 0 aliphatic heterocycles. The Kier molecular flexibility index (Phi) is 6.54. The lowest BCUT2D eigenvalue weighted by Crippen LogP contribution is -2.42. The first-order chi connectivity index (χ1) is 10.5. The number of nitrogens with one attached hydrogen (secondary N) is 1. The van der Waals surface area contributed by atoms with E-state index in [0.717, 1.165) is 5.56 Å². The number of hydrogen-bond acceptors (Lipinski definition) is 2. The van der Waals surface area contributed by atoms with Crippen LogP contribution in [-0.4, -0.2) is 30.4 Å². The smallest absolute Gasteiger partial charge is 0.234 e. The van der Waals surface area contributed by atoms with Crippen molar-refractivity contribution < 1.29 is 4.79 Å². The quantitative estimate of drug-likeness (QED) is 0.857. The maximum absolute atomic E-state index is 12.2. The number of rotatable bonds is 5. The Morgan fingerprint density at radius 3 is 2.59 bits per heavy atom. The average Bonchev–Trinajstić information content (AvgIpc) is 2.50. The number of benzene rings is 1. The van der Waals surface area contributed by atoms with Crippen LogP contribution in [0, 0.1) is 0 Å². The molecule has 1 aliphatic carbocycles. The molecule has 1 N–H and O–H groups in total. The molecule has 22 heavy (non-hydrogen) atoms. The molecular weight excluding hydrogens is 319 g/mol. The molecule has 0 aromatic heterocycles. The Bertz CT molecular complexity index is 515. The molecule has 122 valence electrons. The lowest BCUT2D eigenvalue weighted by Gasteiger charge is -2.31. The van der Waals surface area contributed by atoms with E-state index in [1.165, 1.54) is 32.1 Å². The number of halogens is 2. The SMILES string of the molecule is C[C@H](NC(=O)CN(C)C1CCCCC1)c1ccc(Cl)c(Cl)c1. The molecule has 1 aromatic carbocycles. The van der Waals surface area contributed by atoms with Gasteiger partial charge in [0.25, 0.3) is 0 Å². The van der Waals surface area contributed by atoms with Crippen LogP contribution in [0.25, 0.3) is 0 Å². The molecule has 0 unspecified atom stereocenters. The van der Waals surface area contributed by atoms with Gasteiger partial charge in [0.05, 0.1) is 22.6 Å². The van der Waals surface area contributed by atoms with Gasteiger partial charge in [-0.2, -0.15) is 0 Å². The average molecular weight is 343 g/mol. The van der Waals surface area contributed by atoms with Gasteiger partial charge in [0.1, 0.15) is 0 Å². The van der Waals surface area contributed by atoms with Gasteiger partial charge in [0.15, 0.2) is 0 Å². The summed E-state index contributed by atoms with van der Waals surface area (Å²) in [5.74, 6) is 0.0478. The molecular formula is C17H24Cl2N2O. The van der Waals surface area contributed by atoms with Crippen LogP contribution in [-0.2, 0) is 4.79 Å². The predicted molar refractivity (Wildman–Crippen MR) is 92.5 cm³/mol. The molecule has 5 heteroatoms. The summed E-state index contributed by atoms with van der Waals surface area (Å²) in [5, 5.41) is 4.07. The Morgan fingerprint density at radius 1 is 1.27 bits per heavy atom. The fraction of sp³-hybridized carbons (Fsp3) is 0.588. The molecule has 1 fully saturated rings. The topological polar surface area (TPSA) is 32.3 Å². The van der Waals surface area contributed by atoms with Gasteiger partial charge >= 0.3 is 0 Å². The first-order valence-electron chi connectivity index (χ1n) is 7.92. The van der Waals surface area contributed by atoms with Crippen molar-refractivity contribution in [3.63, 3.8) is 0 Å². The van der Waals surface area contributed by atoms with Crippen LogP contribution in [0.3, 0.4) is 0 Å². The van der Waals surface area contributed by atoms with Crippen molar-refractivity contribution in [2.45, 2.75) is 51.1 Å². The highest BCUT2D eigenvalue weighted by Crippen LogP contribution is 2.25. The molecule has 0 heterocycles. The Morgan fingerprint density at radius 2 is 1.95 bits per heavy atom. The maximum atomic E-state index is 12.2. The summed E-state index contributed by atoms with van der Waals surface area (Å²) in [6.45, 7) is 2.40. The molecule has 0 spiro atoms. The van der Waals surface area contributed by atoms with Gasteiger partial charge in [-0.15, -0.1) is 0 Å². The molecule has 2 rings (SSSR count). The van der Waals surface area contributed by atoms with Gasteiger partial charge in [0.2, 0.25) is 5.91 Å². The fourth-order valence-electron chi connectivity index (χ4n) is 3.03. The van der Waals surface area contributed by atoms with Gasteiger partial charge in [-0.1, -0.05) is 48.5 Å². The third kappa shape index (κ3) is 4.87. The van der Waals surface area contributed by atoms with E-state index in [2.05, 4.69) is 10.2 Å². The molecule has 1 amide bonds. The second-order valence-electron chi connectivity index (χ2n) is 6.17. The lowest BCUT2D eigenvalue weighted by atomic mass is 9.94. The first kappa shape index (κ1) is 17.6. The van der Waals surface area contributed by atoms with Gasteiger partial charge in [-0.05, 0) is 44.5 Å². The van der Waals surface area contributed by atoms with E-state index in [4.69, 9.17) is 23.2 Å². The van der Waals surface area contributed by atoms with E-state index >= 15 is 0 Å². The maximum Gasteiger partial charge on any atom is 0.234 e. The van der Waals surface area contributed by atoms with E-state index < -0.39 is 0 Å². The van der Waals surface area contributed by atoms with E-state index in [1.54, 1.807) is 12.1 Å². The zero-order valence-corrected chi connectivity index (χ0v) is 14.8. The monoisotopic (exact) mass is 342 g/mol. The lowest BCUT2D eigenvalue weighted by molar-refractivity contribution is -0.123. The van der Waals surface area contributed by atoms with Crippen LogP contribution < -0.4 is 5.32 Å². The standard InChI is InChI=1S/C17H24Cl2N2O/c1-12(13-8-9-15(18)16(19)10-13)20-17(22)11-21(2)14-6-4-3-5-7-14/h8-10,12,14H,3-7,11H2,1-2H3,(H,20,22)/t12-/m0/s1. The molecule has 0 radical (unpaired) electrons. The normalized spacial score (nSPS) is 17.5. The highest BCUT2D eigenvalue weighted by atomic mass is 35.5. The van der Waals surface area contributed by atoms with E-state index in [9.17, 15) is 4.79 Å². The summed E-state index contributed by atoms with van der Waals surface area (Å²) in [7, 11) is 2.04. The molecule has 0 bridgehead atoms. The number of carbonyl (C=O) groups is 1. The minimum absolute atomic E-state index is 0.0478. The van der Waals surface area contributed by atoms with Crippen molar-refractivity contribution in [1.82, 2.24) is 10.2 Å². The Labute approximate surface area is 143 Å². The molecule has 0 saturated heterocycles. The third-order valence-electron chi connectivity index (χ3n) is 4.41. The fourth-order valence-corrected chi connectivity index (χ4v) is 3.34. The van der Waals surface area contributed by atoms with E-state index in [0.29, 0.717) is 22.6 Å². The highest BCUT2D eigenvalue weighted by molar-refractivity contribution is 6.42. The summed E-state index contributed by atoms with van der Waals surface area (Å²) >= 11 is 11.9. The summed E-state index contributed by atoms with van der Waals surface area (Å²) < 4.78 is 0. The Hall–Kier alpha value is -0.770. The number of likely N-dealkylation sites (N-methyl/N-ethyl adjacent to an activating group) is 1. The summed E-state index contributed by atoms with van der Waals surface area (Å²) in [4.78, 5) is 14.4. The molecule has 3 nitrogen and oxygen atoms in total. The van der Waals surface area contributed by atoms with Gasteiger partial charge in [-0.3, -0.25) is 9.69 Å². The predicted octanol–water partition coefficient (Wildman–Crippen LogP) is 4.44. The van der Waals surface area contributed by atoms with Crippen molar-refractivity contribution in [2.24, 2.45) is 0 Å². The minimum Gasteiger partial charge on any atom is -0.348 e. The molecule has 1 atom stereocenters. The third-order valence-corrected chi connectivity index (χ3v) is 5.15. The van der Waals surface area contributed by atoms with Crippen molar-refractivity contribution in [2.75, 3.05) is 13.6 Å². The Balaban J connectivity index is 1.86. The first-order valence-corrected chi connectivity index (χ1v) is 8.67. The van der Waals surface area contributed by atoms with Crippen LogP contribution in [0.5, 0.6) is 0 Å². The van der Waals surface area contributed by atoms with E-state index in [-0.39, 0.29) is 11.9 Å². The van der Waals surface area contributed by atoms with Crippen molar-refractivity contribution in [3.05, 3.63) is 33.8 Å². The summed E-state index contributed by atoms with van der Waals surface area (Å²) in [6, 6.07) is 5.92. The van der Waals surface area contributed by atoms with E-state index in [1.807, 2.05) is 20.0 Å². The largest absolute Gasteiger partial charge is 0.348 e. The number of hydrogen-bond donors (Lipinski definition) is 1. The second-order valence-corrected chi connectivity index (χ2v) is 6.98. The minimum atomic E-state index is -0.0815. The van der Waals surface area contributed by atoms with Crippen LogP contribution in [0.1, 0.15) is 50.6 Å². The summed E-state index contributed by atoms with van der Waals surface area (Å²) in [5.41, 5.74) is 0.961. The molecule has 1 aromatic rings. The van der Waals surface area contributed by atoms with Gasteiger partial charge in [-0.25, -0.2) is 0 Å². The van der Waals surface area contributed by atoms with Crippen LogP contribution in [0.15, 0.2) is 18.2 Å². The zero-order chi connectivity index (χ0) is 16.1.